The number of carbonyl (C=O) groups is 1. The second-order valence-electron chi connectivity index (χ2n) is 7.32. The maximum absolute atomic E-state index is 14.4. The highest BCUT2D eigenvalue weighted by Gasteiger charge is 2.43. The molecule has 1 aromatic carbocycles. The number of benzene rings is 1. The SMILES string of the molecule is CCNCC1(CNCC)C=C(c2ccc(F)cc2F)NN(CC(C)C)C1=O. The Bertz CT molecular complexity index is 683. The van der Waals surface area contributed by atoms with E-state index in [1.807, 2.05) is 27.7 Å². The summed E-state index contributed by atoms with van der Waals surface area (Å²) in [6, 6.07) is 3.48. The number of amides is 1. The summed E-state index contributed by atoms with van der Waals surface area (Å²) >= 11 is 0. The fraction of sp³-hybridized carbons (Fsp3) is 0.550. The molecular weight excluding hydrogens is 350 g/mol. The zero-order chi connectivity index (χ0) is 20.0. The molecule has 0 fully saturated rings. The van der Waals surface area contributed by atoms with Crippen LogP contribution in [-0.4, -0.2) is 43.6 Å². The van der Waals surface area contributed by atoms with Gasteiger partial charge in [0.1, 0.15) is 11.6 Å². The van der Waals surface area contributed by atoms with Crippen molar-refractivity contribution in [3.63, 3.8) is 0 Å². The highest BCUT2D eigenvalue weighted by molar-refractivity contribution is 5.90. The first-order valence-corrected chi connectivity index (χ1v) is 9.51. The molecule has 0 radical (unpaired) electrons. The summed E-state index contributed by atoms with van der Waals surface area (Å²) in [5.41, 5.74) is 2.91. The Morgan fingerprint density at radius 2 is 1.78 bits per heavy atom. The van der Waals surface area contributed by atoms with E-state index in [2.05, 4.69) is 16.1 Å². The molecule has 0 spiro atoms. The second kappa shape index (κ2) is 9.28. The van der Waals surface area contributed by atoms with Gasteiger partial charge in [-0.15, -0.1) is 0 Å². The first-order chi connectivity index (χ1) is 12.8. The van der Waals surface area contributed by atoms with Crippen molar-refractivity contribution in [2.24, 2.45) is 11.3 Å². The molecule has 1 aliphatic rings. The molecule has 7 heteroatoms. The number of carbonyl (C=O) groups excluding carboxylic acids is 1. The number of nitrogens with zero attached hydrogens (tertiary/aromatic N) is 1. The van der Waals surface area contributed by atoms with Crippen molar-refractivity contribution in [3.8, 4) is 0 Å². The van der Waals surface area contributed by atoms with Crippen LogP contribution in [0, 0.1) is 23.0 Å². The maximum Gasteiger partial charge on any atom is 0.253 e. The summed E-state index contributed by atoms with van der Waals surface area (Å²) < 4.78 is 27.8. The topological polar surface area (TPSA) is 56.4 Å². The lowest BCUT2D eigenvalue weighted by Gasteiger charge is -2.42. The van der Waals surface area contributed by atoms with Gasteiger partial charge in [-0.05, 0) is 37.2 Å². The van der Waals surface area contributed by atoms with Gasteiger partial charge >= 0.3 is 0 Å². The Kier molecular flexibility index (Phi) is 7.33. The van der Waals surface area contributed by atoms with Gasteiger partial charge in [0.15, 0.2) is 0 Å². The number of nitrogens with one attached hydrogen (secondary N) is 3. The minimum atomic E-state index is -0.859. The summed E-state index contributed by atoms with van der Waals surface area (Å²) in [5.74, 6) is -1.12. The lowest BCUT2D eigenvalue weighted by Crippen LogP contribution is -2.60. The molecule has 0 atom stereocenters. The van der Waals surface area contributed by atoms with E-state index in [4.69, 9.17) is 0 Å². The summed E-state index contributed by atoms with van der Waals surface area (Å²) in [7, 11) is 0. The van der Waals surface area contributed by atoms with Crippen molar-refractivity contribution in [1.29, 1.82) is 0 Å². The van der Waals surface area contributed by atoms with E-state index in [9.17, 15) is 13.6 Å². The number of hydrogen-bond donors (Lipinski definition) is 3. The molecule has 0 aromatic heterocycles. The molecule has 5 nitrogen and oxygen atoms in total. The molecule has 3 N–H and O–H groups in total. The second-order valence-corrected chi connectivity index (χ2v) is 7.32. The quantitative estimate of drug-likeness (QED) is 0.616. The summed E-state index contributed by atoms with van der Waals surface area (Å²) in [6.07, 6.45) is 1.77. The van der Waals surface area contributed by atoms with Gasteiger partial charge in [-0.1, -0.05) is 27.7 Å². The predicted molar refractivity (Wildman–Crippen MR) is 104 cm³/mol. The molecule has 150 valence electrons. The Hall–Kier alpha value is -1.99. The van der Waals surface area contributed by atoms with Gasteiger partial charge in [-0.25, -0.2) is 8.78 Å². The normalized spacial score (nSPS) is 16.5. The van der Waals surface area contributed by atoms with E-state index in [0.717, 1.165) is 6.07 Å². The van der Waals surface area contributed by atoms with E-state index in [0.29, 0.717) is 38.4 Å². The maximum atomic E-state index is 14.4. The van der Waals surface area contributed by atoms with Gasteiger partial charge < -0.3 is 10.6 Å². The van der Waals surface area contributed by atoms with Crippen molar-refractivity contribution in [3.05, 3.63) is 41.5 Å². The molecule has 0 bridgehead atoms. The lowest BCUT2D eigenvalue weighted by atomic mass is 9.82. The van der Waals surface area contributed by atoms with Crippen molar-refractivity contribution >= 4 is 11.6 Å². The smallest absolute Gasteiger partial charge is 0.253 e. The van der Waals surface area contributed by atoms with Crippen molar-refractivity contribution in [2.45, 2.75) is 27.7 Å². The number of halogens is 2. The Morgan fingerprint density at radius 3 is 2.30 bits per heavy atom. The molecule has 0 aliphatic carbocycles. The monoisotopic (exact) mass is 380 g/mol. The predicted octanol–water partition coefficient (Wildman–Crippen LogP) is 2.51. The minimum absolute atomic E-state index is 0.0654. The van der Waals surface area contributed by atoms with Gasteiger partial charge in [0.2, 0.25) is 0 Å². The molecule has 1 heterocycles. The Labute approximate surface area is 160 Å². The summed E-state index contributed by atoms with van der Waals surface area (Å²) in [6.45, 7) is 10.8. The fourth-order valence-electron chi connectivity index (χ4n) is 3.19. The molecule has 0 saturated heterocycles. The number of rotatable bonds is 9. The zero-order valence-corrected chi connectivity index (χ0v) is 16.5. The Balaban J connectivity index is 2.52. The van der Waals surface area contributed by atoms with E-state index in [1.54, 1.807) is 11.1 Å². The van der Waals surface area contributed by atoms with Crippen LogP contribution in [0.15, 0.2) is 24.3 Å². The molecular formula is C20H30F2N4O. The third-order valence-electron chi connectivity index (χ3n) is 4.50. The van der Waals surface area contributed by atoms with Crippen LogP contribution in [0.1, 0.15) is 33.3 Å². The molecule has 27 heavy (non-hydrogen) atoms. The highest BCUT2D eigenvalue weighted by Crippen LogP contribution is 2.31. The van der Waals surface area contributed by atoms with Gasteiger partial charge in [0.05, 0.1) is 11.1 Å². The number of hydrazine groups is 1. The highest BCUT2D eigenvalue weighted by atomic mass is 19.1. The largest absolute Gasteiger partial charge is 0.316 e. The fourth-order valence-corrected chi connectivity index (χ4v) is 3.19. The van der Waals surface area contributed by atoms with Crippen molar-refractivity contribution < 1.29 is 13.6 Å². The molecule has 1 amide bonds. The van der Waals surface area contributed by atoms with Crippen LogP contribution in [0.4, 0.5) is 8.78 Å². The van der Waals surface area contributed by atoms with Crippen LogP contribution in [0.3, 0.4) is 0 Å². The van der Waals surface area contributed by atoms with E-state index >= 15 is 0 Å². The molecule has 0 saturated carbocycles. The van der Waals surface area contributed by atoms with Crippen LogP contribution in [0.2, 0.25) is 0 Å². The van der Waals surface area contributed by atoms with Crippen molar-refractivity contribution in [1.82, 2.24) is 21.1 Å². The average molecular weight is 380 g/mol. The van der Waals surface area contributed by atoms with Gasteiger partial charge in [0, 0.05) is 31.3 Å². The summed E-state index contributed by atoms with van der Waals surface area (Å²) in [5, 5.41) is 8.06. The van der Waals surface area contributed by atoms with E-state index in [1.165, 1.54) is 12.1 Å². The van der Waals surface area contributed by atoms with Gasteiger partial charge in [0.25, 0.3) is 5.91 Å². The van der Waals surface area contributed by atoms with Crippen LogP contribution in [0.25, 0.3) is 5.70 Å². The minimum Gasteiger partial charge on any atom is -0.316 e. The van der Waals surface area contributed by atoms with Gasteiger partial charge in [-0.3, -0.25) is 15.2 Å². The van der Waals surface area contributed by atoms with Crippen LogP contribution in [-0.2, 0) is 4.79 Å². The molecule has 0 unspecified atom stereocenters. The van der Waals surface area contributed by atoms with Crippen LogP contribution in [0.5, 0.6) is 0 Å². The first kappa shape index (κ1) is 21.3. The molecule has 1 aromatic rings. The van der Waals surface area contributed by atoms with Crippen LogP contribution < -0.4 is 16.1 Å². The molecule has 2 rings (SSSR count). The Morgan fingerprint density at radius 1 is 1.15 bits per heavy atom. The third-order valence-corrected chi connectivity index (χ3v) is 4.50. The average Bonchev–Trinajstić information content (AvgIpc) is 2.61. The van der Waals surface area contributed by atoms with Crippen LogP contribution >= 0.6 is 0 Å². The van der Waals surface area contributed by atoms with Gasteiger partial charge in [-0.2, -0.15) is 0 Å². The lowest BCUT2D eigenvalue weighted by molar-refractivity contribution is -0.143. The summed E-state index contributed by atoms with van der Waals surface area (Å²) in [4.78, 5) is 13.3. The third kappa shape index (κ3) is 5.05. The van der Waals surface area contributed by atoms with Crippen molar-refractivity contribution in [2.75, 3.05) is 32.7 Å². The standard InChI is InChI=1S/C20H30F2N4O/c1-5-23-12-20(13-24-6-2)10-18(16-8-7-15(21)9-17(16)22)25-26(19(20)27)11-14(3)4/h7-10,14,23-25H,5-6,11-13H2,1-4H3. The molecule has 1 aliphatic heterocycles. The zero-order valence-electron chi connectivity index (χ0n) is 16.5. The van der Waals surface area contributed by atoms with E-state index < -0.39 is 17.0 Å². The first-order valence-electron chi connectivity index (χ1n) is 9.51. The number of hydrogen-bond acceptors (Lipinski definition) is 4. The van der Waals surface area contributed by atoms with E-state index in [-0.39, 0.29) is 17.4 Å².